The molecule has 0 aliphatic carbocycles. The van der Waals surface area contributed by atoms with Gasteiger partial charge in [0.1, 0.15) is 0 Å². The van der Waals surface area contributed by atoms with Crippen LogP contribution in [0.25, 0.3) is 0 Å². The van der Waals surface area contributed by atoms with Crippen LogP contribution < -0.4 is 16.0 Å². The molecule has 0 saturated carbocycles. The molecule has 1 fully saturated rings. The van der Waals surface area contributed by atoms with Crippen LogP contribution in [0.3, 0.4) is 0 Å². The van der Waals surface area contributed by atoms with Gasteiger partial charge in [0.2, 0.25) is 6.29 Å². The Morgan fingerprint density at radius 1 is 1.00 bits per heavy atom. The van der Waals surface area contributed by atoms with Crippen molar-refractivity contribution in [2.75, 3.05) is 23.8 Å². The molecule has 27 heavy (non-hydrogen) atoms. The van der Waals surface area contributed by atoms with Crippen LogP contribution in [0.5, 0.6) is 0 Å². The molecule has 0 radical (unpaired) electrons. The van der Waals surface area contributed by atoms with Crippen LogP contribution in [0.4, 0.5) is 17.1 Å². The number of carbonyl (C=O) groups excluding carboxylic acids is 1. The lowest BCUT2D eigenvalue weighted by Gasteiger charge is -2.32. The summed E-state index contributed by atoms with van der Waals surface area (Å²) >= 11 is 5.31. The van der Waals surface area contributed by atoms with E-state index in [2.05, 4.69) is 16.0 Å². The molecule has 8 heteroatoms. The lowest BCUT2D eigenvalue weighted by Crippen LogP contribution is -2.52. The quantitative estimate of drug-likeness (QED) is 0.534. The highest BCUT2D eigenvalue weighted by molar-refractivity contribution is 7.80. The van der Waals surface area contributed by atoms with Crippen molar-refractivity contribution in [1.82, 2.24) is 5.32 Å². The number of para-hydroxylation sites is 1. The van der Waals surface area contributed by atoms with Gasteiger partial charge in [-0.1, -0.05) is 18.2 Å². The first-order chi connectivity index (χ1) is 13.1. The zero-order valence-corrected chi connectivity index (χ0v) is 15.6. The van der Waals surface area contributed by atoms with Crippen molar-refractivity contribution in [3.05, 3.63) is 54.6 Å². The summed E-state index contributed by atoms with van der Waals surface area (Å²) < 4.78 is 16.0. The van der Waals surface area contributed by atoms with E-state index in [1.54, 1.807) is 0 Å². The van der Waals surface area contributed by atoms with Crippen LogP contribution >= 0.6 is 12.2 Å². The molecule has 0 bridgehead atoms. The molecule has 7 nitrogen and oxygen atoms in total. The van der Waals surface area contributed by atoms with Crippen LogP contribution in [0.2, 0.25) is 0 Å². The predicted molar refractivity (Wildman–Crippen MR) is 107 cm³/mol. The van der Waals surface area contributed by atoms with Crippen LogP contribution in [0.1, 0.15) is 6.92 Å². The number of benzene rings is 2. The summed E-state index contributed by atoms with van der Waals surface area (Å²) in [6.07, 6.45) is -1.50. The zero-order valence-electron chi connectivity index (χ0n) is 14.8. The molecule has 1 aliphatic heterocycles. The second-order valence-corrected chi connectivity index (χ2v) is 6.22. The van der Waals surface area contributed by atoms with Gasteiger partial charge in [0.25, 0.3) is 0 Å². The number of rotatable bonds is 5. The van der Waals surface area contributed by atoms with Crippen molar-refractivity contribution in [2.24, 2.45) is 0 Å². The Labute approximate surface area is 163 Å². The smallest absolute Gasteiger partial charge is 0.305 e. The molecular weight excluding hydrogens is 366 g/mol. The number of thiocarbonyl (C=S) groups is 1. The minimum absolute atomic E-state index is 0.339. The number of carbonyl (C=O) groups is 1. The van der Waals surface area contributed by atoms with Gasteiger partial charge >= 0.3 is 5.97 Å². The van der Waals surface area contributed by atoms with Crippen LogP contribution in [0.15, 0.2) is 54.6 Å². The van der Waals surface area contributed by atoms with Gasteiger partial charge in [-0.3, -0.25) is 4.79 Å². The summed E-state index contributed by atoms with van der Waals surface area (Å²) in [7, 11) is 0. The van der Waals surface area contributed by atoms with Gasteiger partial charge in [0.05, 0.1) is 13.2 Å². The fraction of sp³-hybridized carbons (Fsp3) is 0.263. The average molecular weight is 387 g/mol. The summed E-state index contributed by atoms with van der Waals surface area (Å²) in [4.78, 5) is 11.2. The third kappa shape index (κ3) is 5.92. The Kier molecular flexibility index (Phi) is 6.59. The summed E-state index contributed by atoms with van der Waals surface area (Å²) in [5.41, 5.74) is 2.79. The van der Waals surface area contributed by atoms with Crippen molar-refractivity contribution in [3.8, 4) is 0 Å². The van der Waals surface area contributed by atoms with Crippen molar-refractivity contribution in [1.29, 1.82) is 0 Å². The molecule has 142 valence electrons. The van der Waals surface area contributed by atoms with E-state index in [4.69, 9.17) is 26.4 Å². The fourth-order valence-corrected chi connectivity index (χ4v) is 2.73. The molecular formula is C19H21N3O4S. The molecule has 0 amide bonds. The zero-order chi connectivity index (χ0) is 19.1. The van der Waals surface area contributed by atoms with Crippen molar-refractivity contribution >= 4 is 40.4 Å². The van der Waals surface area contributed by atoms with Gasteiger partial charge in [0, 0.05) is 24.0 Å². The van der Waals surface area contributed by atoms with Gasteiger partial charge in [0.15, 0.2) is 11.3 Å². The topological polar surface area (TPSA) is 80.9 Å². The number of anilines is 3. The SMILES string of the molecule is CC(=O)O[C@@H]1OCCO[C@@H]1NC(=S)Nc1ccc(Nc2ccccc2)cc1. The number of nitrogens with one attached hydrogen (secondary N) is 3. The van der Waals surface area contributed by atoms with E-state index in [1.165, 1.54) is 6.92 Å². The lowest BCUT2D eigenvalue weighted by atomic mass is 10.2. The molecule has 1 heterocycles. The highest BCUT2D eigenvalue weighted by atomic mass is 32.1. The van der Waals surface area contributed by atoms with E-state index in [0.29, 0.717) is 18.3 Å². The minimum atomic E-state index is -0.839. The van der Waals surface area contributed by atoms with Crippen LogP contribution in [-0.2, 0) is 19.0 Å². The Morgan fingerprint density at radius 2 is 1.63 bits per heavy atom. The summed E-state index contributed by atoms with van der Waals surface area (Å²) in [6.45, 7) is 2.06. The third-order valence-corrected chi connectivity index (χ3v) is 3.89. The lowest BCUT2D eigenvalue weighted by molar-refractivity contribution is -0.244. The monoisotopic (exact) mass is 387 g/mol. The fourth-order valence-electron chi connectivity index (χ4n) is 2.50. The maximum Gasteiger partial charge on any atom is 0.305 e. The Hall–Kier alpha value is -2.68. The Balaban J connectivity index is 1.53. The summed E-state index contributed by atoms with van der Waals surface area (Å²) in [5, 5.41) is 9.68. The first-order valence-corrected chi connectivity index (χ1v) is 8.91. The highest BCUT2D eigenvalue weighted by Crippen LogP contribution is 2.19. The maximum atomic E-state index is 11.2. The normalized spacial score (nSPS) is 19.0. The first-order valence-electron chi connectivity index (χ1n) is 8.50. The van der Waals surface area contributed by atoms with Gasteiger partial charge in [-0.2, -0.15) is 0 Å². The standard InChI is InChI=1S/C19H21N3O4S/c1-13(23)26-18-17(24-11-12-25-18)22-19(27)21-16-9-7-15(8-10-16)20-14-5-3-2-4-6-14/h2-10,17-18,20H,11-12H2,1H3,(H2,21,22,27)/t17-,18-/m0/s1. The van der Waals surface area contributed by atoms with E-state index < -0.39 is 18.5 Å². The van der Waals surface area contributed by atoms with E-state index >= 15 is 0 Å². The van der Waals surface area contributed by atoms with Crippen molar-refractivity contribution in [3.63, 3.8) is 0 Å². The molecule has 0 spiro atoms. The second-order valence-electron chi connectivity index (χ2n) is 5.81. The molecule has 3 N–H and O–H groups in total. The number of ether oxygens (including phenoxy) is 3. The largest absolute Gasteiger partial charge is 0.431 e. The molecule has 3 rings (SSSR count). The van der Waals surface area contributed by atoms with Crippen LogP contribution in [0, 0.1) is 0 Å². The molecule has 1 aliphatic rings. The van der Waals surface area contributed by atoms with E-state index in [1.807, 2.05) is 54.6 Å². The van der Waals surface area contributed by atoms with E-state index in [0.717, 1.165) is 17.1 Å². The van der Waals surface area contributed by atoms with E-state index in [9.17, 15) is 4.79 Å². The van der Waals surface area contributed by atoms with Gasteiger partial charge in [-0.25, -0.2) is 0 Å². The van der Waals surface area contributed by atoms with Gasteiger partial charge < -0.3 is 30.2 Å². The van der Waals surface area contributed by atoms with Crippen molar-refractivity contribution < 1.29 is 19.0 Å². The van der Waals surface area contributed by atoms with Gasteiger partial charge in [-0.15, -0.1) is 0 Å². The highest BCUT2D eigenvalue weighted by Gasteiger charge is 2.30. The third-order valence-electron chi connectivity index (χ3n) is 3.67. The maximum absolute atomic E-state index is 11.2. The second kappa shape index (κ2) is 9.31. The molecule has 2 atom stereocenters. The molecule has 2 aromatic carbocycles. The van der Waals surface area contributed by atoms with Gasteiger partial charge in [-0.05, 0) is 48.6 Å². The summed E-state index contributed by atoms with van der Waals surface area (Å²) in [5.74, 6) is -0.447. The van der Waals surface area contributed by atoms with E-state index in [-0.39, 0.29) is 0 Å². The van der Waals surface area contributed by atoms with Crippen LogP contribution in [-0.4, -0.2) is 36.8 Å². The number of hydrogen-bond acceptors (Lipinski definition) is 6. The Morgan fingerprint density at radius 3 is 2.33 bits per heavy atom. The molecule has 0 unspecified atom stereocenters. The Bertz CT molecular complexity index is 770. The molecule has 0 aromatic heterocycles. The number of esters is 1. The first kappa shape index (κ1) is 19.1. The van der Waals surface area contributed by atoms with Crippen molar-refractivity contribution in [2.45, 2.75) is 19.4 Å². The summed E-state index contributed by atoms with van der Waals surface area (Å²) in [6, 6.07) is 17.6. The number of hydrogen-bond donors (Lipinski definition) is 3. The molecule has 1 saturated heterocycles. The molecule has 2 aromatic rings. The predicted octanol–water partition coefficient (Wildman–Crippen LogP) is 2.98. The average Bonchev–Trinajstić information content (AvgIpc) is 2.65. The minimum Gasteiger partial charge on any atom is -0.431 e.